The fourth-order valence-corrected chi connectivity index (χ4v) is 0.827. The second-order valence-electron chi connectivity index (χ2n) is 2.44. The zero-order valence-corrected chi connectivity index (χ0v) is 6.46. The minimum absolute atomic E-state index is 0.0741. The van der Waals surface area contributed by atoms with Crippen LogP contribution in [0.15, 0.2) is 0 Å². The van der Waals surface area contributed by atoms with Gasteiger partial charge in [0.05, 0.1) is 0 Å². The van der Waals surface area contributed by atoms with Crippen LogP contribution in [0, 0.1) is 0 Å². The van der Waals surface area contributed by atoms with Gasteiger partial charge < -0.3 is 10.4 Å². The van der Waals surface area contributed by atoms with Crippen molar-refractivity contribution < 1.29 is 10.4 Å². The molecule has 0 radical (unpaired) electrons. The van der Waals surface area contributed by atoms with Crippen LogP contribution in [0.5, 0.6) is 0 Å². The van der Waals surface area contributed by atoms with Crippen molar-refractivity contribution in [2.24, 2.45) is 0 Å². The Morgan fingerprint density at radius 1 is 1.30 bits per heavy atom. The van der Waals surface area contributed by atoms with Crippen molar-refractivity contribution in [2.45, 2.75) is 38.8 Å². The Balaban J connectivity index is 3.56. The molecule has 4 nitrogen and oxygen atoms in total. The molecule has 0 fully saturated rings. The first-order chi connectivity index (χ1) is 4.76. The highest BCUT2D eigenvalue weighted by molar-refractivity contribution is 4.71. The first-order valence-corrected chi connectivity index (χ1v) is 3.55. The molecule has 0 aliphatic rings. The summed E-state index contributed by atoms with van der Waals surface area (Å²) in [6, 6.07) is -0.194. The van der Waals surface area contributed by atoms with Crippen LogP contribution in [0.4, 0.5) is 0 Å². The summed E-state index contributed by atoms with van der Waals surface area (Å²) in [4.78, 5) is 0. The van der Waals surface area contributed by atoms with E-state index in [1.165, 1.54) is 0 Å². The van der Waals surface area contributed by atoms with Gasteiger partial charge in [0.15, 0.2) is 0 Å². The molecule has 0 spiro atoms. The van der Waals surface area contributed by atoms with E-state index in [2.05, 4.69) is 11.0 Å². The Morgan fingerprint density at radius 3 is 2.20 bits per heavy atom. The molecule has 62 valence electrons. The van der Waals surface area contributed by atoms with Gasteiger partial charge in [0.25, 0.3) is 0 Å². The van der Waals surface area contributed by atoms with Crippen LogP contribution in [0.3, 0.4) is 0 Å². The predicted octanol–water partition coefficient (Wildman–Crippen LogP) is 0.501. The van der Waals surface area contributed by atoms with E-state index in [4.69, 9.17) is 10.4 Å². The molecule has 0 saturated carbocycles. The Hall–Kier alpha value is -0.160. The van der Waals surface area contributed by atoms with E-state index in [-0.39, 0.29) is 12.1 Å². The molecule has 0 aliphatic carbocycles. The molecule has 0 aromatic carbocycles. The largest absolute Gasteiger partial charge is 0.316 e. The van der Waals surface area contributed by atoms with Crippen molar-refractivity contribution in [1.82, 2.24) is 11.0 Å². The lowest BCUT2D eigenvalue weighted by Crippen LogP contribution is -2.43. The minimum Gasteiger partial charge on any atom is -0.316 e. The Kier molecular flexibility index (Phi) is 5.52. The van der Waals surface area contributed by atoms with Crippen molar-refractivity contribution in [2.75, 3.05) is 0 Å². The number of rotatable bonds is 5. The van der Waals surface area contributed by atoms with Crippen molar-refractivity contribution in [3.63, 3.8) is 0 Å². The molecule has 0 heterocycles. The van der Waals surface area contributed by atoms with E-state index in [0.29, 0.717) is 0 Å². The fraction of sp³-hybridized carbons (Fsp3) is 1.00. The SMILES string of the molecule is CCCC(NO)C(C)NO. The van der Waals surface area contributed by atoms with Gasteiger partial charge in [-0.2, -0.15) is 0 Å². The Bertz CT molecular complexity index is 80.1. The fourth-order valence-electron chi connectivity index (χ4n) is 0.827. The molecule has 2 unspecified atom stereocenters. The Morgan fingerprint density at radius 2 is 1.90 bits per heavy atom. The molecule has 0 saturated heterocycles. The zero-order valence-electron chi connectivity index (χ0n) is 6.46. The summed E-state index contributed by atoms with van der Waals surface area (Å²) < 4.78 is 0. The summed E-state index contributed by atoms with van der Waals surface area (Å²) >= 11 is 0. The molecule has 0 aliphatic heterocycles. The van der Waals surface area contributed by atoms with Gasteiger partial charge in [-0.25, -0.2) is 11.0 Å². The lowest BCUT2D eigenvalue weighted by Gasteiger charge is -2.19. The maximum Gasteiger partial charge on any atom is 0.0492 e. The van der Waals surface area contributed by atoms with Gasteiger partial charge in [0.2, 0.25) is 0 Å². The molecule has 2 atom stereocenters. The van der Waals surface area contributed by atoms with Crippen LogP contribution in [-0.4, -0.2) is 22.5 Å². The summed E-state index contributed by atoms with van der Waals surface area (Å²) in [5, 5.41) is 17.0. The maximum absolute atomic E-state index is 8.56. The standard InChI is InChI=1S/C6H16N2O2/c1-3-4-6(8-10)5(2)7-9/h5-10H,3-4H2,1-2H3. The second kappa shape index (κ2) is 5.61. The zero-order chi connectivity index (χ0) is 7.98. The first kappa shape index (κ1) is 9.84. The number of nitrogens with one attached hydrogen (secondary N) is 2. The van der Waals surface area contributed by atoms with Gasteiger partial charge in [0.1, 0.15) is 0 Å². The summed E-state index contributed by atoms with van der Waals surface area (Å²) in [6.45, 7) is 3.82. The van der Waals surface area contributed by atoms with Gasteiger partial charge in [-0.1, -0.05) is 13.3 Å². The van der Waals surface area contributed by atoms with Crippen LogP contribution in [0.1, 0.15) is 26.7 Å². The highest BCUT2D eigenvalue weighted by Crippen LogP contribution is 1.99. The third-order valence-corrected chi connectivity index (χ3v) is 1.57. The Labute approximate surface area is 61.2 Å². The number of hydroxylamine groups is 2. The molecule has 4 heteroatoms. The summed E-state index contributed by atoms with van der Waals surface area (Å²) in [5.41, 5.74) is 4.21. The van der Waals surface area contributed by atoms with Crippen LogP contribution in [0.2, 0.25) is 0 Å². The van der Waals surface area contributed by atoms with Crippen LogP contribution >= 0.6 is 0 Å². The van der Waals surface area contributed by atoms with Crippen molar-refractivity contribution >= 4 is 0 Å². The summed E-state index contributed by atoms with van der Waals surface area (Å²) in [5.74, 6) is 0. The smallest absolute Gasteiger partial charge is 0.0492 e. The molecule has 0 amide bonds. The lowest BCUT2D eigenvalue weighted by atomic mass is 10.1. The normalized spacial score (nSPS) is 16.8. The monoisotopic (exact) mass is 148 g/mol. The van der Waals surface area contributed by atoms with Gasteiger partial charge >= 0.3 is 0 Å². The van der Waals surface area contributed by atoms with Crippen LogP contribution in [0.25, 0.3) is 0 Å². The van der Waals surface area contributed by atoms with E-state index >= 15 is 0 Å². The van der Waals surface area contributed by atoms with E-state index in [1.54, 1.807) is 6.92 Å². The highest BCUT2D eigenvalue weighted by Gasteiger charge is 2.13. The van der Waals surface area contributed by atoms with E-state index in [1.807, 2.05) is 6.92 Å². The molecular weight excluding hydrogens is 132 g/mol. The minimum atomic E-state index is -0.120. The highest BCUT2D eigenvalue weighted by atomic mass is 16.5. The number of hydrogen-bond donors (Lipinski definition) is 4. The van der Waals surface area contributed by atoms with Gasteiger partial charge in [-0.05, 0) is 13.3 Å². The quantitative estimate of drug-likeness (QED) is 0.429. The molecule has 4 N–H and O–H groups in total. The van der Waals surface area contributed by atoms with Crippen LogP contribution < -0.4 is 11.0 Å². The van der Waals surface area contributed by atoms with Gasteiger partial charge in [-0.15, -0.1) is 0 Å². The van der Waals surface area contributed by atoms with Crippen molar-refractivity contribution in [1.29, 1.82) is 0 Å². The second-order valence-corrected chi connectivity index (χ2v) is 2.44. The third kappa shape index (κ3) is 3.12. The molecule has 0 aromatic rings. The molecule has 0 aromatic heterocycles. The topological polar surface area (TPSA) is 64.5 Å². The summed E-state index contributed by atoms with van der Waals surface area (Å²) in [6.07, 6.45) is 1.81. The van der Waals surface area contributed by atoms with Gasteiger partial charge in [0, 0.05) is 12.1 Å². The van der Waals surface area contributed by atoms with Gasteiger partial charge in [-0.3, -0.25) is 0 Å². The average Bonchev–Trinajstić information content (AvgIpc) is 1.99. The average molecular weight is 148 g/mol. The van der Waals surface area contributed by atoms with E-state index < -0.39 is 0 Å². The van der Waals surface area contributed by atoms with Crippen molar-refractivity contribution in [3.05, 3.63) is 0 Å². The van der Waals surface area contributed by atoms with Crippen LogP contribution in [-0.2, 0) is 0 Å². The third-order valence-electron chi connectivity index (χ3n) is 1.57. The molecule has 10 heavy (non-hydrogen) atoms. The van der Waals surface area contributed by atoms with E-state index in [0.717, 1.165) is 12.8 Å². The maximum atomic E-state index is 8.56. The molecular formula is C6H16N2O2. The van der Waals surface area contributed by atoms with E-state index in [9.17, 15) is 0 Å². The first-order valence-electron chi connectivity index (χ1n) is 3.55. The predicted molar refractivity (Wildman–Crippen MR) is 38.0 cm³/mol. The summed E-state index contributed by atoms with van der Waals surface area (Å²) in [7, 11) is 0. The molecule has 0 bridgehead atoms. The van der Waals surface area contributed by atoms with Crippen molar-refractivity contribution in [3.8, 4) is 0 Å². The lowest BCUT2D eigenvalue weighted by molar-refractivity contribution is 0.0540. The molecule has 0 rings (SSSR count). The number of hydrogen-bond acceptors (Lipinski definition) is 4.